The van der Waals surface area contributed by atoms with Gasteiger partial charge in [0.25, 0.3) is 0 Å². The Kier molecular flexibility index (Phi) is 11.5. The first-order chi connectivity index (χ1) is 13.8. The van der Waals surface area contributed by atoms with Crippen LogP contribution in [0.15, 0.2) is 29.3 Å². The Morgan fingerprint density at radius 2 is 1.86 bits per heavy atom. The van der Waals surface area contributed by atoms with Crippen LogP contribution in [0.1, 0.15) is 38.2 Å². The van der Waals surface area contributed by atoms with Crippen LogP contribution in [0.5, 0.6) is 0 Å². The molecule has 0 bridgehead atoms. The Bertz CT molecular complexity index is 604. The van der Waals surface area contributed by atoms with Crippen LogP contribution in [0.3, 0.4) is 0 Å². The molecule has 7 heteroatoms. The van der Waals surface area contributed by atoms with Crippen molar-refractivity contribution in [3.05, 3.63) is 29.8 Å². The lowest BCUT2D eigenvalue weighted by Gasteiger charge is -2.35. The summed E-state index contributed by atoms with van der Waals surface area (Å²) in [5, 5.41) is 6.93. The van der Waals surface area contributed by atoms with E-state index < -0.39 is 0 Å². The van der Waals surface area contributed by atoms with Gasteiger partial charge in [-0.05, 0) is 43.5 Å². The molecule has 2 aliphatic rings. The van der Waals surface area contributed by atoms with E-state index in [4.69, 9.17) is 0 Å². The molecule has 1 aromatic rings. The molecule has 2 aliphatic heterocycles. The van der Waals surface area contributed by atoms with Crippen LogP contribution in [0.2, 0.25) is 0 Å². The quantitative estimate of drug-likeness (QED) is 0.319. The first-order valence-corrected chi connectivity index (χ1v) is 12.1. The molecule has 1 unspecified atom stereocenters. The monoisotopic (exact) mass is 531 g/mol. The molecule has 2 heterocycles. The number of hydrogen-bond donors (Lipinski definition) is 2. The highest BCUT2D eigenvalue weighted by molar-refractivity contribution is 14.0. The van der Waals surface area contributed by atoms with Crippen molar-refractivity contribution in [3.63, 3.8) is 0 Å². The van der Waals surface area contributed by atoms with E-state index in [0.717, 1.165) is 44.7 Å². The topological polar surface area (TPSA) is 42.9 Å². The van der Waals surface area contributed by atoms with Gasteiger partial charge in [-0.1, -0.05) is 25.5 Å². The number of hydrogen-bond acceptors (Lipinski definition) is 4. The summed E-state index contributed by atoms with van der Waals surface area (Å²) in [7, 11) is 1.85. The Labute approximate surface area is 198 Å². The Morgan fingerprint density at radius 3 is 2.55 bits per heavy atom. The third kappa shape index (κ3) is 7.83. The predicted molar refractivity (Wildman–Crippen MR) is 139 cm³/mol. The molecule has 1 aromatic carbocycles. The standard InChI is InChI=1S/C22H37N5S.HI/c1-3-20-6-4-5-12-26(20)13-11-24-22(23-2)25-18-19-7-9-21(10-8-19)27-14-16-28-17-15-27;/h7-10,20H,3-6,11-18H2,1-2H3,(H2,23,24,25);1H. The number of thioether (sulfide) groups is 1. The highest BCUT2D eigenvalue weighted by Crippen LogP contribution is 2.20. The Hall–Kier alpha value is -0.670. The number of anilines is 1. The van der Waals surface area contributed by atoms with Gasteiger partial charge < -0.3 is 15.5 Å². The average Bonchev–Trinajstić information content (AvgIpc) is 2.77. The van der Waals surface area contributed by atoms with E-state index in [1.165, 1.54) is 55.0 Å². The number of rotatable bonds is 7. The number of nitrogens with zero attached hydrogens (tertiary/aromatic N) is 3. The van der Waals surface area contributed by atoms with Gasteiger partial charge in [-0.3, -0.25) is 9.89 Å². The number of likely N-dealkylation sites (tertiary alicyclic amines) is 1. The van der Waals surface area contributed by atoms with Gasteiger partial charge in [-0.25, -0.2) is 0 Å². The van der Waals surface area contributed by atoms with Gasteiger partial charge in [-0.2, -0.15) is 11.8 Å². The van der Waals surface area contributed by atoms with E-state index in [0.29, 0.717) is 0 Å². The summed E-state index contributed by atoms with van der Waals surface area (Å²) in [5.41, 5.74) is 2.64. The van der Waals surface area contributed by atoms with Crippen molar-refractivity contribution in [2.24, 2.45) is 4.99 Å². The second-order valence-electron chi connectivity index (χ2n) is 7.71. The summed E-state index contributed by atoms with van der Waals surface area (Å²) in [4.78, 5) is 9.51. The minimum atomic E-state index is 0. The van der Waals surface area contributed by atoms with Crippen molar-refractivity contribution in [2.45, 2.75) is 45.2 Å². The van der Waals surface area contributed by atoms with Crippen molar-refractivity contribution >= 4 is 47.4 Å². The molecule has 0 spiro atoms. The maximum absolute atomic E-state index is 4.38. The highest BCUT2D eigenvalue weighted by atomic mass is 127. The maximum atomic E-state index is 4.38. The summed E-state index contributed by atoms with van der Waals surface area (Å²) in [6.45, 7) is 8.73. The Morgan fingerprint density at radius 1 is 1.10 bits per heavy atom. The average molecular weight is 532 g/mol. The molecule has 0 aliphatic carbocycles. The molecule has 2 N–H and O–H groups in total. The molecule has 0 saturated carbocycles. The fourth-order valence-electron chi connectivity index (χ4n) is 4.19. The molecule has 3 rings (SSSR count). The molecule has 2 saturated heterocycles. The highest BCUT2D eigenvalue weighted by Gasteiger charge is 2.20. The minimum Gasteiger partial charge on any atom is -0.370 e. The zero-order valence-electron chi connectivity index (χ0n) is 18.0. The summed E-state index contributed by atoms with van der Waals surface area (Å²) in [6.07, 6.45) is 5.35. The predicted octanol–water partition coefficient (Wildman–Crippen LogP) is 3.79. The fourth-order valence-corrected chi connectivity index (χ4v) is 5.09. The molecule has 0 aromatic heterocycles. The summed E-state index contributed by atoms with van der Waals surface area (Å²) in [6, 6.07) is 9.74. The number of nitrogens with one attached hydrogen (secondary N) is 2. The molecular formula is C22H38IN5S. The second-order valence-corrected chi connectivity index (χ2v) is 8.94. The van der Waals surface area contributed by atoms with Crippen LogP contribution in [-0.2, 0) is 6.54 Å². The molecule has 1 atom stereocenters. The Balaban J connectivity index is 0.00000300. The third-order valence-corrected chi connectivity index (χ3v) is 6.85. The van der Waals surface area contributed by atoms with Gasteiger partial charge in [0.2, 0.25) is 0 Å². The van der Waals surface area contributed by atoms with Crippen LogP contribution in [0.4, 0.5) is 5.69 Å². The van der Waals surface area contributed by atoms with Crippen molar-refractivity contribution < 1.29 is 0 Å². The van der Waals surface area contributed by atoms with Gasteiger partial charge >= 0.3 is 0 Å². The van der Waals surface area contributed by atoms with Gasteiger partial charge in [0.15, 0.2) is 5.96 Å². The van der Waals surface area contributed by atoms with E-state index in [1.54, 1.807) is 0 Å². The lowest BCUT2D eigenvalue weighted by Crippen LogP contribution is -2.45. The van der Waals surface area contributed by atoms with Crippen molar-refractivity contribution in [1.82, 2.24) is 15.5 Å². The third-order valence-electron chi connectivity index (χ3n) is 5.91. The van der Waals surface area contributed by atoms with Crippen molar-refractivity contribution in [1.29, 1.82) is 0 Å². The zero-order valence-corrected chi connectivity index (χ0v) is 21.2. The normalized spacial score (nSPS) is 20.8. The first-order valence-electron chi connectivity index (χ1n) is 10.9. The number of benzene rings is 1. The number of halogens is 1. The van der Waals surface area contributed by atoms with Crippen LogP contribution in [0.25, 0.3) is 0 Å². The van der Waals surface area contributed by atoms with E-state index in [2.05, 4.69) is 68.4 Å². The first kappa shape index (κ1) is 24.6. The molecule has 5 nitrogen and oxygen atoms in total. The SMILES string of the molecule is CCC1CCCCN1CCNC(=NC)NCc1ccc(N2CCSCC2)cc1.I. The van der Waals surface area contributed by atoms with Crippen molar-refractivity contribution in [2.75, 3.05) is 56.2 Å². The summed E-state index contributed by atoms with van der Waals surface area (Å²) >= 11 is 2.05. The molecule has 0 amide bonds. The molecule has 29 heavy (non-hydrogen) atoms. The fraction of sp³-hybridized carbons (Fsp3) is 0.682. The zero-order chi connectivity index (χ0) is 19.6. The number of guanidine groups is 1. The van der Waals surface area contributed by atoms with E-state index in [-0.39, 0.29) is 24.0 Å². The second kappa shape index (κ2) is 13.6. The molecule has 164 valence electrons. The van der Waals surface area contributed by atoms with Gasteiger partial charge in [0, 0.05) is 63.0 Å². The molecule has 2 fully saturated rings. The lowest BCUT2D eigenvalue weighted by molar-refractivity contribution is 0.147. The molecular weight excluding hydrogens is 493 g/mol. The van der Waals surface area contributed by atoms with Crippen LogP contribution < -0.4 is 15.5 Å². The van der Waals surface area contributed by atoms with E-state index >= 15 is 0 Å². The van der Waals surface area contributed by atoms with Crippen LogP contribution in [0, 0.1) is 0 Å². The van der Waals surface area contributed by atoms with Crippen molar-refractivity contribution in [3.8, 4) is 0 Å². The largest absolute Gasteiger partial charge is 0.370 e. The maximum Gasteiger partial charge on any atom is 0.191 e. The van der Waals surface area contributed by atoms with Crippen LogP contribution in [-0.4, -0.2) is 68.2 Å². The van der Waals surface area contributed by atoms with E-state index in [9.17, 15) is 0 Å². The summed E-state index contributed by atoms with van der Waals surface area (Å²) < 4.78 is 0. The number of piperidine rings is 1. The lowest BCUT2D eigenvalue weighted by atomic mass is 10.0. The van der Waals surface area contributed by atoms with E-state index in [1.807, 2.05) is 7.05 Å². The van der Waals surface area contributed by atoms with Gasteiger partial charge in [-0.15, -0.1) is 24.0 Å². The molecule has 0 radical (unpaired) electrons. The summed E-state index contributed by atoms with van der Waals surface area (Å²) in [5.74, 6) is 3.37. The minimum absolute atomic E-state index is 0. The van der Waals surface area contributed by atoms with Crippen LogP contribution >= 0.6 is 35.7 Å². The van der Waals surface area contributed by atoms with Gasteiger partial charge in [0.05, 0.1) is 0 Å². The van der Waals surface area contributed by atoms with Gasteiger partial charge in [0.1, 0.15) is 0 Å². The number of aliphatic imine (C=N–C) groups is 1. The smallest absolute Gasteiger partial charge is 0.191 e.